The topological polar surface area (TPSA) is 61.3 Å². The number of rotatable bonds is 3. The summed E-state index contributed by atoms with van der Waals surface area (Å²) in [5.41, 5.74) is 2.35. The molecule has 0 radical (unpaired) electrons. The van der Waals surface area contributed by atoms with Gasteiger partial charge >= 0.3 is 5.97 Å². The maximum atomic E-state index is 12.1. The molecule has 0 fully saturated rings. The molecule has 2 heterocycles. The molecule has 5 heteroatoms. The summed E-state index contributed by atoms with van der Waals surface area (Å²) in [6.07, 6.45) is 3.32. The van der Waals surface area contributed by atoms with Crippen LogP contribution < -0.4 is 4.74 Å². The minimum Gasteiger partial charge on any atom is -0.496 e. The van der Waals surface area contributed by atoms with E-state index in [1.54, 1.807) is 31.6 Å². The van der Waals surface area contributed by atoms with Gasteiger partial charge in [0.05, 0.1) is 37.2 Å². The Hall–Kier alpha value is -2.95. The van der Waals surface area contributed by atoms with E-state index in [1.807, 2.05) is 24.3 Å². The molecule has 110 valence electrons. The van der Waals surface area contributed by atoms with Crippen molar-refractivity contribution in [3.8, 4) is 17.0 Å². The van der Waals surface area contributed by atoms with Crippen molar-refractivity contribution in [1.29, 1.82) is 0 Å². The predicted octanol–water partition coefficient (Wildman–Crippen LogP) is 3.09. The van der Waals surface area contributed by atoms with Crippen LogP contribution in [-0.2, 0) is 4.74 Å². The zero-order valence-corrected chi connectivity index (χ0v) is 12.2. The molecule has 0 saturated carbocycles. The van der Waals surface area contributed by atoms with Gasteiger partial charge in [0.1, 0.15) is 5.75 Å². The molecule has 0 aliphatic rings. The molecule has 1 aromatic carbocycles. The summed E-state index contributed by atoms with van der Waals surface area (Å²) < 4.78 is 10.3. The number of ether oxygens (including phenoxy) is 2. The van der Waals surface area contributed by atoms with Crippen molar-refractivity contribution in [2.75, 3.05) is 14.2 Å². The Balaban J connectivity index is 2.33. The minimum absolute atomic E-state index is 0.394. The first-order chi connectivity index (χ1) is 10.7. The van der Waals surface area contributed by atoms with Crippen molar-refractivity contribution in [2.45, 2.75) is 0 Å². The first-order valence-corrected chi connectivity index (χ1v) is 6.71. The molecule has 0 unspecified atom stereocenters. The Kier molecular flexibility index (Phi) is 3.70. The minimum atomic E-state index is -0.438. The Morgan fingerprint density at radius 2 is 1.95 bits per heavy atom. The maximum Gasteiger partial charge on any atom is 0.340 e. The number of esters is 1. The molecule has 2 aromatic heterocycles. The van der Waals surface area contributed by atoms with Crippen LogP contribution in [0.5, 0.6) is 5.75 Å². The molecule has 3 rings (SSSR count). The maximum absolute atomic E-state index is 12.1. The lowest BCUT2D eigenvalue weighted by Crippen LogP contribution is -2.06. The number of carbonyl (C=O) groups is 1. The van der Waals surface area contributed by atoms with E-state index >= 15 is 0 Å². The lowest BCUT2D eigenvalue weighted by atomic mass is 10.0. The van der Waals surface area contributed by atoms with Gasteiger partial charge in [-0.25, -0.2) is 9.78 Å². The summed E-state index contributed by atoms with van der Waals surface area (Å²) in [5, 5.41) is 0.828. The number of aromatic nitrogens is 2. The van der Waals surface area contributed by atoms with Gasteiger partial charge in [-0.2, -0.15) is 0 Å². The molecule has 0 bridgehead atoms. The molecule has 0 atom stereocenters. The van der Waals surface area contributed by atoms with Crippen LogP contribution in [0.1, 0.15) is 10.4 Å². The summed E-state index contributed by atoms with van der Waals surface area (Å²) in [6.45, 7) is 0. The number of pyridine rings is 2. The number of nitrogens with zero attached hydrogens (tertiary/aromatic N) is 2. The number of para-hydroxylation sites is 1. The fourth-order valence-electron chi connectivity index (χ4n) is 2.33. The number of methoxy groups -OCH3 is 2. The normalized spacial score (nSPS) is 10.5. The van der Waals surface area contributed by atoms with E-state index in [9.17, 15) is 4.79 Å². The Bertz CT molecular complexity index is 846. The van der Waals surface area contributed by atoms with E-state index < -0.39 is 5.97 Å². The van der Waals surface area contributed by atoms with Crippen LogP contribution in [0.2, 0.25) is 0 Å². The zero-order chi connectivity index (χ0) is 15.5. The molecule has 0 N–H and O–H groups in total. The van der Waals surface area contributed by atoms with Gasteiger partial charge in [0.25, 0.3) is 0 Å². The van der Waals surface area contributed by atoms with Crippen LogP contribution in [-0.4, -0.2) is 30.2 Å². The van der Waals surface area contributed by atoms with Gasteiger partial charge in [0.15, 0.2) is 0 Å². The molecular weight excluding hydrogens is 280 g/mol. The van der Waals surface area contributed by atoms with Crippen molar-refractivity contribution in [2.24, 2.45) is 0 Å². The van der Waals surface area contributed by atoms with E-state index in [0.29, 0.717) is 22.5 Å². The zero-order valence-electron chi connectivity index (χ0n) is 12.2. The molecule has 0 spiro atoms. The molecule has 5 nitrogen and oxygen atoms in total. The first kappa shape index (κ1) is 14.0. The van der Waals surface area contributed by atoms with Gasteiger partial charge in [0.2, 0.25) is 0 Å². The van der Waals surface area contributed by atoms with Crippen LogP contribution >= 0.6 is 0 Å². The van der Waals surface area contributed by atoms with E-state index in [4.69, 9.17) is 9.47 Å². The largest absolute Gasteiger partial charge is 0.496 e. The quantitative estimate of drug-likeness (QED) is 0.695. The second kappa shape index (κ2) is 5.81. The summed E-state index contributed by atoms with van der Waals surface area (Å²) in [6, 6.07) is 11.0. The van der Waals surface area contributed by atoms with Gasteiger partial charge < -0.3 is 9.47 Å². The summed E-state index contributed by atoms with van der Waals surface area (Å²) in [7, 11) is 2.93. The van der Waals surface area contributed by atoms with E-state index in [1.165, 1.54) is 7.11 Å². The third-order valence-corrected chi connectivity index (χ3v) is 3.39. The number of benzene rings is 1. The second-order valence-corrected chi connectivity index (χ2v) is 4.64. The molecule has 0 aliphatic heterocycles. The van der Waals surface area contributed by atoms with E-state index in [-0.39, 0.29) is 0 Å². The van der Waals surface area contributed by atoms with Gasteiger partial charge in [0, 0.05) is 17.1 Å². The second-order valence-electron chi connectivity index (χ2n) is 4.64. The fourth-order valence-corrected chi connectivity index (χ4v) is 2.33. The van der Waals surface area contributed by atoms with Gasteiger partial charge in [-0.05, 0) is 24.3 Å². The van der Waals surface area contributed by atoms with Crippen LogP contribution in [0.25, 0.3) is 22.2 Å². The van der Waals surface area contributed by atoms with Crippen molar-refractivity contribution in [1.82, 2.24) is 9.97 Å². The SMILES string of the molecule is COC(=O)c1cc2ccncc2nc1-c1ccccc1OC. The third kappa shape index (κ3) is 2.37. The van der Waals surface area contributed by atoms with Gasteiger partial charge in [-0.3, -0.25) is 4.98 Å². The highest BCUT2D eigenvalue weighted by atomic mass is 16.5. The molecule has 0 amide bonds. The molecule has 0 saturated heterocycles. The van der Waals surface area contributed by atoms with Gasteiger partial charge in [-0.1, -0.05) is 12.1 Å². The standard InChI is InChI=1S/C17H14N2O3/c1-21-15-6-4-3-5-12(15)16-13(17(20)22-2)9-11-7-8-18-10-14(11)19-16/h3-10H,1-2H3. The lowest BCUT2D eigenvalue weighted by molar-refractivity contribution is 0.0601. The predicted molar refractivity (Wildman–Crippen MR) is 82.9 cm³/mol. The van der Waals surface area contributed by atoms with Crippen molar-refractivity contribution >= 4 is 16.9 Å². The molecule has 22 heavy (non-hydrogen) atoms. The van der Waals surface area contributed by atoms with Crippen LogP contribution in [0.15, 0.2) is 48.8 Å². The highest BCUT2D eigenvalue weighted by Gasteiger charge is 2.19. The van der Waals surface area contributed by atoms with E-state index in [0.717, 1.165) is 10.9 Å². The van der Waals surface area contributed by atoms with E-state index in [2.05, 4.69) is 9.97 Å². The number of hydrogen-bond acceptors (Lipinski definition) is 5. The average Bonchev–Trinajstić information content (AvgIpc) is 2.59. The average molecular weight is 294 g/mol. The summed E-state index contributed by atoms with van der Waals surface area (Å²) in [5.74, 6) is 0.204. The van der Waals surface area contributed by atoms with Crippen LogP contribution in [0, 0.1) is 0 Å². The molecular formula is C17H14N2O3. The Morgan fingerprint density at radius 1 is 1.14 bits per heavy atom. The lowest BCUT2D eigenvalue weighted by Gasteiger charge is -2.12. The highest BCUT2D eigenvalue weighted by molar-refractivity contribution is 6.00. The summed E-state index contributed by atoms with van der Waals surface area (Å²) >= 11 is 0. The third-order valence-electron chi connectivity index (χ3n) is 3.39. The molecule has 3 aromatic rings. The number of fused-ring (bicyclic) bond motifs is 1. The smallest absolute Gasteiger partial charge is 0.340 e. The molecule has 0 aliphatic carbocycles. The Labute approximate surface area is 127 Å². The van der Waals surface area contributed by atoms with Crippen molar-refractivity contribution in [3.05, 3.63) is 54.4 Å². The number of hydrogen-bond donors (Lipinski definition) is 0. The van der Waals surface area contributed by atoms with Crippen molar-refractivity contribution < 1.29 is 14.3 Å². The monoisotopic (exact) mass is 294 g/mol. The fraction of sp³-hybridized carbons (Fsp3) is 0.118. The summed E-state index contributed by atoms with van der Waals surface area (Å²) in [4.78, 5) is 20.8. The number of carbonyl (C=O) groups excluding carboxylic acids is 1. The highest BCUT2D eigenvalue weighted by Crippen LogP contribution is 2.32. The first-order valence-electron chi connectivity index (χ1n) is 6.71. The Morgan fingerprint density at radius 3 is 2.73 bits per heavy atom. The van der Waals surface area contributed by atoms with Crippen LogP contribution in [0.4, 0.5) is 0 Å². The van der Waals surface area contributed by atoms with Crippen molar-refractivity contribution in [3.63, 3.8) is 0 Å². The van der Waals surface area contributed by atoms with Crippen LogP contribution in [0.3, 0.4) is 0 Å². The van der Waals surface area contributed by atoms with Gasteiger partial charge in [-0.15, -0.1) is 0 Å².